The van der Waals surface area contributed by atoms with Crippen molar-refractivity contribution >= 4 is 5.78 Å². The van der Waals surface area contributed by atoms with Gasteiger partial charge >= 0.3 is 0 Å². The Morgan fingerprint density at radius 3 is 1.85 bits per heavy atom. The summed E-state index contributed by atoms with van der Waals surface area (Å²) >= 11 is 0. The van der Waals surface area contributed by atoms with Crippen LogP contribution in [0.1, 0.15) is 24.7 Å². The lowest BCUT2D eigenvalue weighted by atomic mass is 10.1. The van der Waals surface area contributed by atoms with E-state index in [1.165, 1.54) is 0 Å². The van der Waals surface area contributed by atoms with Gasteiger partial charge < -0.3 is 9.47 Å². The van der Waals surface area contributed by atoms with Crippen LogP contribution in [-0.2, 0) is 0 Å². The Hall–Kier alpha value is -2.29. The zero-order valence-electron chi connectivity index (χ0n) is 10.8. The van der Waals surface area contributed by atoms with Crippen LogP contribution >= 0.6 is 0 Å². The molecule has 0 unspecified atom stereocenters. The van der Waals surface area contributed by atoms with Crippen molar-refractivity contribution in [3.63, 3.8) is 0 Å². The van der Waals surface area contributed by atoms with E-state index in [2.05, 4.69) is 0 Å². The predicted molar refractivity (Wildman–Crippen MR) is 80.6 cm³/mol. The summed E-state index contributed by atoms with van der Waals surface area (Å²) in [6, 6.07) is 16.7. The molecule has 3 heteroatoms. The maximum atomic E-state index is 11.1. The molecule has 2 aromatic carbocycles. The smallest absolute Gasteiger partial charge is 0.159 e. The average Bonchev–Trinajstić information content (AvgIpc) is 2.45. The third-order valence-corrected chi connectivity index (χ3v) is 2.62. The van der Waals surface area contributed by atoms with Gasteiger partial charge in [-0.3, -0.25) is 4.79 Å². The van der Waals surface area contributed by atoms with E-state index in [0.29, 0.717) is 18.8 Å². The first kappa shape index (κ1) is 15.8. The minimum absolute atomic E-state index is 0. The lowest BCUT2D eigenvalue weighted by molar-refractivity contribution is 0.101. The molecule has 20 heavy (non-hydrogen) atoms. The fourth-order valence-electron chi connectivity index (χ4n) is 1.62. The minimum Gasteiger partial charge on any atom is -0.490 e. The first-order valence-electron chi connectivity index (χ1n) is 6.17. The number of hydrogen-bond acceptors (Lipinski definition) is 3. The number of Topliss-reactive ketones (excluding diaryl/α,β-unsaturated/α-hetero) is 1. The number of hydrogen-bond donors (Lipinski definition) is 0. The Morgan fingerprint density at radius 2 is 1.35 bits per heavy atom. The molecule has 0 N–H and O–H groups in total. The van der Waals surface area contributed by atoms with E-state index in [9.17, 15) is 4.79 Å². The molecule has 0 aliphatic rings. The Balaban J connectivity index is 0.00000200. The zero-order chi connectivity index (χ0) is 13.5. The lowest BCUT2D eigenvalue weighted by Gasteiger charge is -2.08. The van der Waals surface area contributed by atoms with Gasteiger partial charge in [-0.1, -0.05) is 25.6 Å². The van der Waals surface area contributed by atoms with Gasteiger partial charge in [-0.2, -0.15) is 0 Å². The molecular formula is C17H20O3. The first-order valence-corrected chi connectivity index (χ1v) is 6.17. The normalized spacial score (nSPS) is 9.45. The molecular weight excluding hydrogens is 252 g/mol. The molecule has 2 aromatic rings. The standard InChI is InChI=1S/C16H16O3.CH4/c1-13(17)14-7-9-16(10-8-14)19-12-11-18-15-5-3-2-4-6-15;/h2-10H,11-12H2,1H3;1H4. The summed E-state index contributed by atoms with van der Waals surface area (Å²) < 4.78 is 11.0. The van der Waals surface area contributed by atoms with Crippen molar-refractivity contribution in [2.24, 2.45) is 0 Å². The van der Waals surface area contributed by atoms with E-state index in [4.69, 9.17) is 9.47 Å². The van der Waals surface area contributed by atoms with Crippen LogP contribution in [0.25, 0.3) is 0 Å². The van der Waals surface area contributed by atoms with Crippen molar-refractivity contribution in [3.8, 4) is 11.5 Å². The summed E-state index contributed by atoms with van der Waals surface area (Å²) in [6.07, 6.45) is 0. The highest BCUT2D eigenvalue weighted by atomic mass is 16.5. The second-order valence-electron chi connectivity index (χ2n) is 4.09. The van der Waals surface area contributed by atoms with Crippen LogP contribution in [0, 0.1) is 0 Å². The second kappa shape index (κ2) is 8.00. The third-order valence-electron chi connectivity index (χ3n) is 2.62. The van der Waals surface area contributed by atoms with Gasteiger partial charge in [0, 0.05) is 5.56 Å². The number of carbonyl (C=O) groups is 1. The van der Waals surface area contributed by atoms with Gasteiger partial charge in [-0.05, 0) is 43.3 Å². The Bertz CT molecular complexity index is 518. The maximum Gasteiger partial charge on any atom is 0.159 e. The molecule has 0 fully saturated rings. The number of para-hydroxylation sites is 1. The summed E-state index contributed by atoms with van der Waals surface area (Å²) in [5.74, 6) is 1.62. The fraction of sp³-hybridized carbons (Fsp3) is 0.235. The molecule has 0 aromatic heterocycles. The SMILES string of the molecule is C.CC(=O)c1ccc(OCCOc2ccccc2)cc1. The van der Waals surface area contributed by atoms with Crippen LogP contribution in [-0.4, -0.2) is 19.0 Å². The topological polar surface area (TPSA) is 35.5 Å². The van der Waals surface area contributed by atoms with Gasteiger partial charge in [0.2, 0.25) is 0 Å². The van der Waals surface area contributed by atoms with Gasteiger partial charge in [0.25, 0.3) is 0 Å². The molecule has 3 nitrogen and oxygen atoms in total. The summed E-state index contributed by atoms with van der Waals surface area (Å²) in [7, 11) is 0. The highest BCUT2D eigenvalue weighted by molar-refractivity contribution is 5.94. The average molecular weight is 272 g/mol. The van der Waals surface area contributed by atoms with Crippen LogP contribution in [0.4, 0.5) is 0 Å². The quantitative estimate of drug-likeness (QED) is 0.589. The largest absolute Gasteiger partial charge is 0.490 e. The molecule has 0 saturated carbocycles. The lowest BCUT2D eigenvalue weighted by Crippen LogP contribution is -2.08. The van der Waals surface area contributed by atoms with Gasteiger partial charge in [-0.25, -0.2) is 0 Å². The van der Waals surface area contributed by atoms with Gasteiger partial charge in [0.1, 0.15) is 24.7 Å². The number of ether oxygens (including phenoxy) is 2. The molecule has 0 saturated heterocycles. The molecule has 0 amide bonds. The summed E-state index contributed by atoms with van der Waals surface area (Å²) in [6.45, 7) is 2.50. The van der Waals surface area contributed by atoms with E-state index < -0.39 is 0 Å². The Morgan fingerprint density at radius 1 is 0.850 bits per heavy atom. The van der Waals surface area contributed by atoms with Gasteiger partial charge in [-0.15, -0.1) is 0 Å². The molecule has 0 aliphatic carbocycles. The van der Waals surface area contributed by atoms with E-state index >= 15 is 0 Å². The van der Waals surface area contributed by atoms with E-state index in [1.807, 2.05) is 30.3 Å². The second-order valence-corrected chi connectivity index (χ2v) is 4.09. The van der Waals surface area contributed by atoms with E-state index in [-0.39, 0.29) is 13.2 Å². The van der Waals surface area contributed by atoms with Crippen molar-refractivity contribution in [2.75, 3.05) is 13.2 Å². The van der Waals surface area contributed by atoms with Crippen LogP contribution in [0.5, 0.6) is 11.5 Å². The number of carbonyl (C=O) groups excluding carboxylic acids is 1. The van der Waals surface area contributed by atoms with Gasteiger partial charge in [0.15, 0.2) is 5.78 Å². The number of ketones is 1. The Labute approximate surface area is 120 Å². The van der Waals surface area contributed by atoms with Gasteiger partial charge in [0.05, 0.1) is 0 Å². The van der Waals surface area contributed by atoms with Crippen molar-refractivity contribution in [3.05, 3.63) is 60.2 Å². The zero-order valence-corrected chi connectivity index (χ0v) is 10.8. The highest BCUT2D eigenvalue weighted by Gasteiger charge is 1.99. The van der Waals surface area contributed by atoms with Crippen LogP contribution in [0.15, 0.2) is 54.6 Å². The van der Waals surface area contributed by atoms with E-state index in [1.54, 1.807) is 31.2 Å². The molecule has 0 bridgehead atoms. The molecule has 106 valence electrons. The predicted octanol–water partition coefficient (Wildman–Crippen LogP) is 3.98. The summed E-state index contributed by atoms with van der Waals surface area (Å²) in [4.78, 5) is 11.1. The monoisotopic (exact) mass is 272 g/mol. The number of rotatable bonds is 6. The summed E-state index contributed by atoms with van der Waals surface area (Å²) in [5.41, 5.74) is 0.688. The third kappa shape index (κ3) is 4.76. The van der Waals surface area contributed by atoms with Crippen LogP contribution in [0.2, 0.25) is 0 Å². The van der Waals surface area contributed by atoms with Crippen molar-refractivity contribution in [2.45, 2.75) is 14.4 Å². The fourth-order valence-corrected chi connectivity index (χ4v) is 1.62. The highest BCUT2D eigenvalue weighted by Crippen LogP contribution is 2.13. The molecule has 0 atom stereocenters. The Kier molecular flexibility index (Phi) is 6.30. The van der Waals surface area contributed by atoms with Crippen molar-refractivity contribution in [1.29, 1.82) is 0 Å². The number of benzene rings is 2. The molecule has 0 spiro atoms. The molecule has 0 aliphatic heterocycles. The van der Waals surface area contributed by atoms with Crippen LogP contribution in [0.3, 0.4) is 0 Å². The molecule has 0 heterocycles. The van der Waals surface area contributed by atoms with Crippen LogP contribution < -0.4 is 9.47 Å². The molecule has 2 rings (SSSR count). The van der Waals surface area contributed by atoms with E-state index in [0.717, 1.165) is 11.5 Å². The van der Waals surface area contributed by atoms with Crippen molar-refractivity contribution in [1.82, 2.24) is 0 Å². The minimum atomic E-state index is 0. The maximum absolute atomic E-state index is 11.1. The van der Waals surface area contributed by atoms with Crippen molar-refractivity contribution < 1.29 is 14.3 Å². The first-order chi connectivity index (χ1) is 9.25. The summed E-state index contributed by atoms with van der Waals surface area (Å²) in [5, 5.41) is 0. The molecule has 0 radical (unpaired) electrons.